The number of hydrogen-bond donors (Lipinski definition) is 2. The maximum Gasteiger partial charge on any atom is 0.303 e. The van der Waals surface area contributed by atoms with Gasteiger partial charge in [0.1, 0.15) is 13.2 Å². The van der Waals surface area contributed by atoms with Gasteiger partial charge in [-0.2, -0.15) is 0 Å². The number of nitrogens with zero attached hydrogens (tertiary/aromatic N) is 2. The molecular weight excluding hydrogens is 398 g/mol. The molecule has 1 aliphatic rings. The number of carboxylic acids is 1. The largest absolute Gasteiger partial charge is 0.481 e. The van der Waals surface area contributed by atoms with Crippen molar-refractivity contribution >= 4 is 23.5 Å². The lowest BCUT2D eigenvalue weighted by atomic mass is 10.0. The third-order valence-electron chi connectivity index (χ3n) is 5.05. The molecule has 1 fully saturated rings. The van der Waals surface area contributed by atoms with Crippen LogP contribution in [-0.2, 0) is 14.4 Å². The predicted molar refractivity (Wildman–Crippen MR) is 116 cm³/mol. The van der Waals surface area contributed by atoms with Gasteiger partial charge in [-0.05, 0) is 29.7 Å². The van der Waals surface area contributed by atoms with Crippen molar-refractivity contribution in [3.8, 4) is 11.1 Å². The average Bonchev–Trinajstić information content (AvgIpc) is 3.21. The number of rotatable bonds is 8. The molecule has 1 saturated heterocycles. The number of benzene rings is 2. The molecule has 162 valence electrons. The van der Waals surface area contributed by atoms with Gasteiger partial charge in [0.15, 0.2) is 0 Å². The van der Waals surface area contributed by atoms with Gasteiger partial charge >= 0.3 is 5.97 Å². The van der Waals surface area contributed by atoms with Gasteiger partial charge < -0.3 is 20.2 Å². The first-order valence-corrected chi connectivity index (χ1v) is 10.0. The zero-order chi connectivity index (χ0) is 22.2. The maximum absolute atomic E-state index is 13.2. The number of nitrogens with one attached hydrogen (secondary N) is 1. The first-order valence-electron chi connectivity index (χ1n) is 10.0. The summed E-state index contributed by atoms with van der Waals surface area (Å²) in [6, 6.07) is 16.4. The Bertz CT molecular complexity index is 957. The molecule has 2 amide bonds. The molecule has 2 aromatic rings. The number of amides is 2. The fraction of sp³-hybridized carbons (Fsp3) is 0.304. The minimum absolute atomic E-state index is 0.0300. The molecule has 1 aliphatic heterocycles. The highest BCUT2D eigenvalue weighted by Gasteiger charge is 2.38. The Kier molecular flexibility index (Phi) is 7.37. The summed E-state index contributed by atoms with van der Waals surface area (Å²) in [5.41, 5.74) is 3.12. The van der Waals surface area contributed by atoms with E-state index in [-0.39, 0.29) is 37.7 Å². The Morgan fingerprint density at radius 1 is 1.10 bits per heavy atom. The second kappa shape index (κ2) is 10.4. The van der Waals surface area contributed by atoms with Crippen molar-refractivity contribution in [2.45, 2.75) is 25.3 Å². The van der Waals surface area contributed by atoms with Crippen LogP contribution in [0.15, 0.2) is 59.8 Å². The lowest BCUT2D eigenvalue weighted by molar-refractivity contribution is -0.137. The molecule has 2 N–H and O–H groups in total. The molecule has 31 heavy (non-hydrogen) atoms. The predicted octanol–water partition coefficient (Wildman–Crippen LogP) is 2.55. The average molecular weight is 423 g/mol. The fourth-order valence-electron chi connectivity index (χ4n) is 3.52. The zero-order valence-corrected chi connectivity index (χ0v) is 17.3. The number of carbonyl (C=O) groups excluding carboxylic acids is 2. The second-order valence-electron chi connectivity index (χ2n) is 7.22. The van der Waals surface area contributed by atoms with Crippen molar-refractivity contribution in [1.82, 2.24) is 10.2 Å². The molecule has 8 nitrogen and oxygen atoms in total. The van der Waals surface area contributed by atoms with Gasteiger partial charge in [-0.15, -0.1) is 0 Å². The topological polar surface area (TPSA) is 108 Å². The molecule has 3 rings (SSSR count). The van der Waals surface area contributed by atoms with Crippen LogP contribution in [0.5, 0.6) is 0 Å². The minimum Gasteiger partial charge on any atom is -0.481 e. The Morgan fingerprint density at radius 2 is 1.77 bits per heavy atom. The van der Waals surface area contributed by atoms with Crippen LogP contribution in [0.25, 0.3) is 11.1 Å². The van der Waals surface area contributed by atoms with Crippen molar-refractivity contribution in [2.24, 2.45) is 5.16 Å². The number of likely N-dealkylation sites (tertiary alicyclic amines) is 1. The van der Waals surface area contributed by atoms with E-state index in [0.29, 0.717) is 17.7 Å². The smallest absolute Gasteiger partial charge is 0.303 e. The normalized spacial score (nSPS) is 16.9. The van der Waals surface area contributed by atoms with Crippen LogP contribution in [0, 0.1) is 0 Å². The van der Waals surface area contributed by atoms with Crippen molar-refractivity contribution in [3.05, 3.63) is 60.2 Å². The van der Waals surface area contributed by atoms with E-state index in [9.17, 15) is 14.4 Å². The first-order chi connectivity index (χ1) is 15.0. The quantitative estimate of drug-likeness (QED) is 0.501. The highest BCUT2D eigenvalue weighted by atomic mass is 16.6. The molecular formula is C23H25N3O5. The number of hydrogen-bond acceptors (Lipinski definition) is 5. The van der Waals surface area contributed by atoms with Crippen LogP contribution in [0.2, 0.25) is 0 Å². The molecule has 0 aliphatic carbocycles. The van der Waals surface area contributed by atoms with E-state index in [4.69, 9.17) is 9.94 Å². The van der Waals surface area contributed by atoms with Gasteiger partial charge in [0.2, 0.25) is 5.91 Å². The summed E-state index contributed by atoms with van der Waals surface area (Å²) in [6.45, 7) is 0.423. The van der Waals surface area contributed by atoms with Gasteiger partial charge in [-0.3, -0.25) is 14.4 Å². The van der Waals surface area contributed by atoms with Gasteiger partial charge in [-0.25, -0.2) is 0 Å². The summed E-state index contributed by atoms with van der Waals surface area (Å²) in [5, 5.41) is 15.4. The fourth-order valence-corrected chi connectivity index (χ4v) is 3.52. The first kappa shape index (κ1) is 22.0. The third-order valence-corrected chi connectivity index (χ3v) is 5.05. The standard InChI is InChI=1S/C23H25N3O5/c1-31-25-19-14-20(22(29)24-13-5-8-21(27)28)26(15-19)23(30)18-11-9-17(10-12-18)16-6-3-2-4-7-16/h2-4,6-7,9-12,20H,5,8,13-15H2,1H3,(H,24,29)(H,27,28)/t20-/m0/s1. The van der Waals surface area contributed by atoms with Gasteiger partial charge in [0.05, 0.1) is 12.3 Å². The monoisotopic (exact) mass is 423 g/mol. The van der Waals surface area contributed by atoms with E-state index in [1.807, 2.05) is 42.5 Å². The van der Waals surface area contributed by atoms with Crippen LogP contribution in [0.4, 0.5) is 0 Å². The van der Waals surface area contributed by atoms with Crippen LogP contribution < -0.4 is 5.32 Å². The molecule has 1 heterocycles. The highest BCUT2D eigenvalue weighted by molar-refractivity contribution is 6.05. The lowest BCUT2D eigenvalue weighted by Gasteiger charge is -2.23. The summed E-state index contributed by atoms with van der Waals surface area (Å²) in [6.07, 6.45) is 0.561. The van der Waals surface area contributed by atoms with Gasteiger partial charge in [-0.1, -0.05) is 47.6 Å². The number of oxime groups is 1. The Hall–Kier alpha value is -3.68. The van der Waals surface area contributed by atoms with E-state index in [1.165, 1.54) is 12.0 Å². The molecule has 2 aromatic carbocycles. The van der Waals surface area contributed by atoms with Crippen LogP contribution in [-0.4, -0.2) is 59.7 Å². The van der Waals surface area contributed by atoms with Crippen molar-refractivity contribution in [1.29, 1.82) is 0 Å². The number of carbonyl (C=O) groups is 3. The van der Waals surface area contributed by atoms with Crippen LogP contribution in [0.3, 0.4) is 0 Å². The van der Waals surface area contributed by atoms with Crippen LogP contribution in [0.1, 0.15) is 29.6 Å². The van der Waals surface area contributed by atoms with E-state index >= 15 is 0 Å². The Labute approximate surface area is 180 Å². The van der Waals surface area contributed by atoms with Crippen molar-refractivity contribution in [2.75, 3.05) is 20.2 Å². The molecule has 0 aromatic heterocycles. The van der Waals surface area contributed by atoms with Crippen molar-refractivity contribution < 1.29 is 24.3 Å². The molecule has 1 atom stereocenters. The van der Waals surface area contributed by atoms with E-state index in [2.05, 4.69) is 10.5 Å². The highest BCUT2D eigenvalue weighted by Crippen LogP contribution is 2.23. The van der Waals surface area contributed by atoms with Gasteiger partial charge in [0.25, 0.3) is 5.91 Å². The minimum atomic E-state index is -0.916. The zero-order valence-electron chi connectivity index (χ0n) is 17.3. The van der Waals surface area contributed by atoms with Gasteiger partial charge in [0, 0.05) is 24.9 Å². The molecule has 0 saturated carbocycles. The van der Waals surface area contributed by atoms with Crippen molar-refractivity contribution in [3.63, 3.8) is 0 Å². The molecule has 0 radical (unpaired) electrons. The number of carboxylic acid groups (broad SMARTS) is 1. The molecule has 0 bridgehead atoms. The lowest BCUT2D eigenvalue weighted by Crippen LogP contribution is -2.46. The molecule has 0 spiro atoms. The third kappa shape index (κ3) is 5.69. The summed E-state index contributed by atoms with van der Waals surface area (Å²) in [7, 11) is 1.42. The Morgan fingerprint density at radius 3 is 2.42 bits per heavy atom. The summed E-state index contributed by atoms with van der Waals surface area (Å²) in [5.74, 6) is -1.52. The van der Waals surface area contributed by atoms with E-state index < -0.39 is 12.0 Å². The summed E-state index contributed by atoms with van der Waals surface area (Å²) in [4.78, 5) is 42.8. The second-order valence-corrected chi connectivity index (χ2v) is 7.22. The van der Waals surface area contributed by atoms with Crippen LogP contribution >= 0.6 is 0 Å². The molecule has 0 unspecified atom stereocenters. The molecule has 8 heteroatoms. The Balaban J connectivity index is 1.72. The summed E-state index contributed by atoms with van der Waals surface area (Å²) >= 11 is 0. The van der Waals surface area contributed by atoms with E-state index in [1.54, 1.807) is 12.1 Å². The summed E-state index contributed by atoms with van der Waals surface area (Å²) < 4.78 is 0. The van der Waals surface area contributed by atoms with E-state index in [0.717, 1.165) is 11.1 Å². The maximum atomic E-state index is 13.2. The number of aliphatic carboxylic acids is 1. The SMILES string of the molecule is CON=C1C[C@@H](C(=O)NCCCC(=O)O)N(C(=O)c2ccc(-c3ccccc3)cc2)C1.